The first-order valence-electron chi connectivity index (χ1n) is 4.67. The maximum absolute atomic E-state index is 5.72. The molecule has 0 fully saturated rings. The molecule has 0 aliphatic rings. The fourth-order valence-electron chi connectivity index (χ4n) is 1.58. The third-order valence-corrected chi connectivity index (χ3v) is 2.25. The highest BCUT2D eigenvalue weighted by molar-refractivity contribution is 5.65. The third kappa shape index (κ3) is 1.69. The second-order valence-corrected chi connectivity index (χ2v) is 3.34. The summed E-state index contributed by atoms with van der Waals surface area (Å²) >= 11 is 0. The van der Waals surface area contributed by atoms with Crippen LogP contribution in [0.2, 0.25) is 0 Å². The van der Waals surface area contributed by atoms with Gasteiger partial charge in [-0.15, -0.1) is 5.10 Å². The van der Waals surface area contributed by atoms with Gasteiger partial charge >= 0.3 is 0 Å². The summed E-state index contributed by atoms with van der Waals surface area (Å²) in [5.74, 6) is 0. The highest BCUT2D eigenvalue weighted by atomic mass is 15.4. The van der Waals surface area contributed by atoms with Crippen LogP contribution in [0, 0.1) is 0 Å². The molecule has 4 N–H and O–H groups in total. The molecule has 15 heavy (non-hydrogen) atoms. The van der Waals surface area contributed by atoms with Crippen LogP contribution in [-0.2, 0) is 13.6 Å². The normalized spacial score (nSPS) is 10.5. The fraction of sp³-hybridized carbons (Fsp3) is 0.200. The molecule has 0 saturated heterocycles. The summed E-state index contributed by atoms with van der Waals surface area (Å²) in [5, 5.41) is 7.93. The molecule has 0 amide bonds. The Morgan fingerprint density at radius 1 is 1.40 bits per heavy atom. The van der Waals surface area contributed by atoms with Crippen molar-refractivity contribution in [1.82, 2.24) is 15.0 Å². The van der Waals surface area contributed by atoms with Gasteiger partial charge in [0.1, 0.15) is 5.69 Å². The van der Waals surface area contributed by atoms with Crippen LogP contribution in [0.1, 0.15) is 5.69 Å². The molecule has 0 aliphatic heterocycles. The molecule has 2 rings (SSSR count). The van der Waals surface area contributed by atoms with Crippen molar-refractivity contribution >= 4 is 5.69 Å². The number of rotatable bonds is 2. The maximum Gasteiger partial charge on any atom is 0.104 e. The van der Waals surface area contributed by atoms with Crippen molar-refractivity contribution in [2.75, 3.05) is 5.73 Å². The first-order chi connectivity index (χ1) is 7.22. The van der Waals surface area contributed by atoms with E-state index in [-0.39, 0.29) is 0 Å². The van der Waals surface area contributed by atoms with E-state index in [1.54, 1.807) is 4.68 Å². The monoisotopic (exact) mass is 203 g/mol. The number of nitrogen functional groups attached to an aromatic ring is 1. The Hall–Kier alpha value is -1.88. The smallest absolute Gasteiger partial charge is 0.104 e. The molecule has 1 aromatic heterocycles. The predicted octanol–water partition coefficient (Wildman–Crippen LogP) is 0.523. The Labute approximate surface area is 87.7 Å². The SMILES string of the molecule is Cn1nnc(CN)c1-c1cccc(N)c1. The van der Waals surface area contributed by atoms with Crippen LogP contribution < -0.4 is 11.5 Å². The molecule has 0 bridgehead atoms. The van der Waals surface area contributed by atoms with Gasteiger partial charge in [0, 0.05) is 24.8 Å². The van der Waals surface area contributed by atoms with Crippen molar-refractivity contribution in [2.24, 2.45) is 12.8 Å². The second-order valence-electron chi connectivity index (χ2n) is 3.34. The highest BCUT2D eigenvalue weighted by Crippen LogP contribution is 2.22. The predicted molar refractivity (Wildman–Crippen MR) is 58.7 cm³/mol. The maximum atomic E-state index is 5.72. The first kappa shape index (κ1) is 9.67. The van der Waals surface area contributed by atoms with Crippen molar-refractivity contribution < 1.29 is 0 Å². The quantitative estimate of drug-likeness (QED) is 0.697. The minimum atomic E-state index is 0.373. The van der Waals surface area contributed by atoms with E-state index >= 15 is 0 Å². The zero-order valence-electron chi connectivity index (χ0n) is 8.51. The van der Waals surface area contributed by atoms with Gasteiger partial charge in [0.15, 0.2) is 0 Å². The molecule has 0 spiro atoms. The number of anilines is 1. The summed E-state index contributed by atoms with van der Waals surface area (Å²) < 4.78 is 1.71. The zero-order chi connectivity index (χ0) is 10.8. The van der Waals surface area contributed by atoms with Crippen LogP contribution in [0.15, 0.2) is 24.3 Å². The van der Waals surface area contributed by atoms with Crippen LogP contribution in [0.5, 0.6) is 0 Å². The van der Waals surface area contributed by atoms with Crippen molar-refractivity contribution in [2.45, 2.75) is 6.54 Å². The van der Waals surface area contributed by atoms with Crippen LogP contribution in [0.25, 0.3) is 11.3 Å². The molecular formula is C10H13N5. The average Bonchev–Trinajstić information content (AvgIpc) is 2.59. The van der Waals surface area contributed by atoms with Gasteiger partial charge in [0.2, 0.25) is 0 Å². The topological polar surface area (TPSA) is 82.8 Å². The average molecular weight is 203 g/mol. The Morgan fingerprint density at radius 3 is 2.87 bits per heavy atom. The molecule has 5 nitrogen and oxygen atoms in total. The number of benzene rings is 1. The lowest BCUT2D eigenvalue weighted by Gasteiger charge is -2.04. The first-order valence-corrected chi connectivity index (χ1v) is 4.67. The van der Waals surface area contributed by atoms with Crippen molar-refractivity contribution in [3.8, 4) is 11.3 Å². The van der Waals surface area contributed by atoms with Gasteiger partial charge in [-0.05, 0) is 12.1 Å². The van der Waals surface area contributed by atoms with E-state index in [9.17, 15) is 0 Å². The fourth-order valence-corrected chi connectivity index (χ4v) is 1.58. The lowest BCUT2D eigenvalue weighted by molar-refractivity contribution is 0.718. The lowest BCUT2D eigenvalue weighted by Crippen LogP contribution is -2.01. The minimum absolute atomic E-state index is 0.373. The number of hydrogen-bond donors (Lipinski definition) is 2. The van der Waals surface area contributed by atoms with E-state index in [2.05, 4.69) is 10.3 Å². The minimum Gasteiger partial charge on any atom is -0.399 e. The molecule has 1 aromatic carbocycles. The van der Waals surface area contributed by atoms with Gasteiger partial charge in [-0.2, -0.15) is 0 Å². The molecule has 5 heteroatoms. The third-order valence-electron chi connectivity index (χ3n) is 2.25. The van der Waals surface area contributed by atoms with Gasteiger partial charge in [0.05, 0.1) is 5.69 Å². The van der Waals surface area contributed by atoms with Crippen molar-refractivity contribution in [3.63, 3.8) is 0 Å². The summed E-state index contributed by atoms with van der Waals surface area (Å²) in [6, 6.07) is 7.60. The number of nitrogens with two attached hydrogens (primary N) is 2. The van der Waals surface area contributed by atoms with E-state index < -0.39 is 0 Å². The second kappa shape index (κ2) is 3.70. The van der Waals surface area contributed by atoms with E-state index in [1.807, 2.05) is 31.3 Å². The molecule has 78 valence electrons. The van der Waals surface area contributed by atoms with E-state index in [0.29, 0.717) is 6.54 Å². The van der Waals surface area contributed by atoms with E-state index in [1.165, 1.54) is 0 Å². The Bertz CT molecular complexity index is 474. The molecule has 2 aromatic rings. The summed E-state index contributed by atoms with van der Waals surface area (Å²) in [4.78, 5) is 0. The van der Waals surface area contributed by atoms with Gasteiger partial charge < -0.3 is 11.5 Å². The van der Waals surface area contributed by atoms with Crippen molar-refractivity contribution in [1.29, 1.82) is 0 Å². The number of aromatic nitrogens is 3. The Morgan fingerprint density at radius 2 is 2.20 bits per heavy atom. The van der Waals surface area contributed by atoms with Gasteiger partial charge in [-0.3, -0.25) is 0 Å². The van der Waals surface area contributed by atoms with Crippen LogP contribution >= 0.6 is 0 Å². The molecule has 0 radical (unpaired) electrons. The van der Waals surface area contributed by atoms with E-state index in [0.717, 1.165) is 22.6 Å². The standard InChI is InChI=1S/C10H13N5/c1-15-10(9(6-11)13-14-15)7-3-2-4-8(12)5-7/h2-5H,6,11-12H2,1H3. The lowest BCUT2D eigenvalue weighted by atomic mass is 10.1. The summed E-state index contributed by atoms with van der Waals surface area (Å²) in [7, 11) is 1.84. The Kier molecular flexibility index (Phi) is 2.39. The molecule has 1 heterocycles. The van der Waals surface area contributed by atoms with Gasteiger partial charge in [-0.1, -0.05) is 17.3 Å². The van der Waals surface area contributed by atoms with Gasteiger partial charge in [-0.25, -0.2) is 4.68 Å². The van der Waals surface area contributed by atoms with E-state index in [4.69, 9.17) is 11.5 Å². The molecule has 0 aliphatic carbocycles. The largest absolute Gasteiger partial charge is 0.399 e. The number of nitrogens with zero attached hydrogens (tertiary/aromatic N) is 3. The molecular weight excluding hydrogens is 190 g/mol. The molecule has 0 saturated carbocycles. The zero-order valence-corrected chi connectivity index (χ0v) is 8.51. The number of aryl methyl sites for hydroxylation is 1. The summed E-state index contributed by atoms with van der Waals surface area (Å²) in [5.41, 5.74) is 14.7. The van der Waals surface area contributed by atoms with Crippen LogP contribution in [0.3, 0.4) is 0 Å². The molecule has 0 atom stereocenters. The van der Waals surface area contributed by atoms with Crippen LogP contribution in [-0.4, -0.2) is 15.0 Å². The number of hydrogen-bond acceptors (Lipinski definition) is 4. The van der Waals surface area contributed by atoms with Gasteiger partial charge in [0.25, 0.3) is 0 Å². The van der Waals surface area contributed by atoms with Crippen molar-refractivity contribution in [3.05, 3.63) is 30.0 Å². The highest BCUT2D eigenvalue weighted by Gasteiger charge is 2.11. The summed E-state index contributed by atoms with van der Waals surface area (Å²) in [6.45, 7) is 0.373. The molecule has 0 unspecified atom stereocenters. The Balaban J connectivity index is 2.57. The van der Waals surface area contributed by atoms with Crippen LogP contribution in [0.4, 0.5) is 5.69 Å². The summed E-state index contributed by atoms with van der Waals surface area (Å²) in [6.07, 6.45) is 0.